The molecule has 28 heavy (non-hydrogen) atoms. The van der Waals surface area contributed by atoms with Crippen molar-refractivity contribution >= 4 is 30.1 Å². The van der Waals surface area contributed by atoms with E-state index in [4.69, 9.17) is 0 Å². The summed E-state index contributed by atoms with van der Waals surface area (Å²) < 4.78 is 15.0. The third kappa shape index (κ3) is 3.75. The zero-order valence-electron chi connectivity index (χ0n) is 15.2. The van der Waals surface area contributed by atoms with Crippen LogP contribution < -0.4 is 10.6 Å². The first-order valence-electron chi connectivity index (χ1n) is 9.21. The fourth-order valence-corrected chi connectivity index (χ4v) is 3.82. The fraction of sp³-hybridized carbons (Fsp3) is 0.450. The van der Waals surface area contributed by atoms with E-state index < -0.39 is 30.1 Å². The molecule has 3 amide bonds. The fourth-order valence-electron chi connectivity index (χ4n) is 3.82. The van der Waals surface area contributed by atoms with Gasteiger partial charge in [-0.2, -0.15) is 0 Å². The van der Waals surface area contributed by atoms with Crippen molar-refractivity contribution in [1.82, 2.24) is 15.5 Å². The Morgan fingerprint density at radius 1 is 1.11 bits per heavy atom. The second kappa shape index (κ2) is 8.29. The molecule has 2 saturated heterocycles. The third-order valence-corrected chi connectivity index (χ3v) is 5.32. The molecule has 8 heteroatoms. The lowest BCUT2D eigenvalue weighted by molar-refractivity contribution is -0.138. The van der Waals surface area contributed by atoms with Crippen LogP contribution in [0.5, 0.6) is 0 Å². The molecular formula is C20H21ClFN3O3. The number of amides is 3. The topological polar surface area (TPSA) is 78.5 Å². The number of carbonyl (C=O) groups excluding carboxylic acids is 3. The van der Waals surface area contributed by atoms with Gasteiger partial charge in [0.25, 0.3) is 5.91 Å². The molecule has 3 aliphatic heterocycles. The minimum absolute atomic E-state index is 0. The molecule has 0 aliphatic carbocycles. The average Bonchev–Trinajstić information content (AvgIpc) is 2.92. The zero-order valence-corrected chi connectivity index (χ0v) is 16.0. The monoisotopic (exact) mass is 405 g/mol. The van der Waals surface area contributed by atoms with Gasteiger partial charge in [0.2, 0.25) is 18.1 Å². The number of imide groups is 1. The molecule has 1 aromatic carbocycles. The summed E-state index contributed by atoms with van der Waals surface area (Å²) in [6, 6.07) is 3.91. The van der Waals surface area contributed by atoms with Gasteiger partial charge in [-0.05, 0) is 50.6 Å². The minimum Gasteiger partial charge on any atom is -0.317 e. The second-order valence-electron chi connectivity index (χ2n) is 7.11. The number of halogens is 2. The number of rotatable bonds is 1. The smallest absolute Gasteiger partial charge is 0.257 e. The van der Waals surface area contributed by atoms with Gasteiger partial charge >= 0.3 is 0 Å². The molecule has 3 heterocycles. The Morgan fingerprint density at radius 3 is 2.57 bits per heavy atom. The van der Waals surface area contributed by atoms with Crippen LogP contribution in [0.2, 0.25) is 0 Å². The van der Waals surface area contributed by atoms with E-state index in [0.717, 1.165) is 30.8 Å². The van der Waals surface area contributed by atoms with E-state index in [9.17, 15) is 14.4 Å². The Balaban J connectivity index is 0.00000225. The number of alkyl halides is 1. The first-order chi connectivity index (χ1) is 13.0. The minimum atomic E-state index is -1.71. The van der Waals surface area contributed by atoms with Gasteiger partial charge in [-0.25, -0.2) is 4.39 Å². The Hall–Kier alpha value is -2.43. The Bertz CT molecular complexity index is 873. The maximum Gasteiger partial charge on any atom is 0.257 e. The van der Waals surface area contributed by atoms with Gasteiger partial charge in [0.1, 0.15) is 6.04 Å². The maximum absolute atomic E-state index is 15.0. The third-order valence-electron chi connectivity index (χ3n) is 5.32. The highest BCUT2D eigenvalue weighted by Crippen LogP contribution is 2.38. The lowest BCUT2D eigenvalue weighted by Gasteiger charge is -2.30. The van der Waals surface area contributed by atoms with E-state index in [2.05, 4.69) is 22.5 Å². The number of hydrogen-bond acceptors (Lipinski definition) is 4. The van der Waals surface area contributed by atoms with Crippen LogP contribution in [0.4, 0.5) is 4.39 Å². The Kier molecular flexibility index (Phi) is 6.01. The van der Waals surface area contributed by atoms with Gasteiger partial charge in [0, 0.05) is 29.0 Å². The molecule has 0 spiro atoms. The van der Waals surface area contributed by atoms with E-state index in [-0.39, 0.29) is 36.4 Å². The van der Waals surface area contributed by atoms with Gasteiger partial charge in [-0.1, -0.05) is 11.8 Å². The lowest BCUT2D eigenvalue weighted by Crippen LogP contribution is -2.53. The number of fused-ring (bicyclic) bond motifs is 1. The summed E-state index contributed by atoms with van der Waals surface area (Å²) in [5.74, 6) is 5.10. The van der Waals surface area contributed by atoms with Crippen molar-refractivity contribution in [2.75, 3.05) is 13.1 Å². The molecule has 2 N–H and O–H groups in total. The molecule has 1 aromatic rings. The molecule has 2 atom stereocenters. The first-order valence-corrected chi connectivity index (χ1v) is 9.21. The number of carbonyl (C=O) groups is 3. The van der Waals surface area contributed by atoms with Gasteiger partial charge < -0.3 is 5.32 Å². The summed E-state index contributed by atoms with van der Waals surface area (Å²) in [6.45, 7) is 1.90. The summed E-state index contributed by atoms with van der Waals surface area (Å²) in [5, 5.41) is 5.46. The first kappa shape index (κ1) is 20.3. The summed E-state index contributed by atoms with van der Waals surface area (Å²) >= 11 is 0. The quantitative estimate of drug-likeness (QED) is 0.423. The van der Waals surface area contributed by atoms with E-state index in [1.807, 2.05) is 0 Å². The summed E-state index contributed by atoms with van der Waals surface area (Å²) in [5.41, 5.74) is 1.15. The highest BCUT2D eigenvalue weighted by Gasteiger charge is 2.45. The Labute approximate surface area is 168 Å². The SMILES string of the molecule is Cl.O=C1CCC(N2C(=O)c3ccc(C#CC4CCNCC4)cc3C2F)C(=O)N1. The van der Waals surface area contributed by atoms with Crippen LogP contribution >= 0.6 is 12.4 Å². The van der Waals surface area contributed by atoms with Crippen molar-refractivity contribution in [2.24, 2.45) is 5.92 Å². The van der Waals surface area contributed by atoms with E-state index in [1.54, 1.807) is 18.2 Å². The van der Waals surface area contributed by atoms with Crippen LogP contribution in [0, 0.1) is 17.8 Å². The highest BCUT2D eigenvalue weighted by molar-refractivity contribution is 6.05. The number of nitrogens with zero attached hydrogens (tertiary/aromatic N) is 1. The van der Waals surface area contributed by atoms with Crippen molar-refractivity contribution in [3.8, 4) is 11.8 Å². The van der Waals surface area contributed by atoms with Gasteiger partial charge in [-0.15, -0.1) is 12.4 Å². The van der Waals surface area contributed by atoms with Gasteiger partial charge in [0.15, 0.2) is 0 Å². The molecule has 0 aromatic heterocycles. The Morgan fingerprint density at radius 2 is 1.86 bits per heavy atom. The summed E-state index contributed by atoms with van der Waals surface area (Å²) in [7, 11) is 0. The number of nitrogens with one attached hydrogen (secondary N) is 2. The van der Waals surface area contributed by atoms with E-state index in [1.165, 1.54) is 0 Å². The number of hydrogen-bond donors (Lipinski definition) is 2. The van der Waals surface area contributed by atoms with Crippen LogP contribution in [0.25, 0.3) is 0 Å². The molecule has 4 rings (SSSR count). The zero-order chi connectivity index (χ0) is 19.0. The van der Waals surface area contributed by atoms with Crippen molar-refractivity contribution in [3.05, 3.63) is 34.9 Å². The van der Waals surface area contributed by atoms with Crippen LogP contribution in [-0.2, 0) is 9.59 Å². The predicted octanol–water partition coefficient (Wildman–Crippen LogP) is 1.69. The van der Waals surface area contributed by atoms with Crippen LogP contribution in [0.1, 0.15) is 53.5 Å². The van der Waals surface area contributed by atoms with Gasteiger partial charge in [-0.3, -0.25) is 24.6 Å². The molecule has 148 valence electrons. The predicted molar refractivity (Wildman–Crippen MR) is 102 cm³/mol. The van der Waals surface area contributed by atoms with Gasteiger partial charge in [0.05, 0.1) is 0 Å². The number of piperidine rings is 2. The summed E-state index contributed by atoms with van der Waals surface area (Å²) in [4.78, 5) is 36.9. The van der Waals surface area contributed by atoms with E-state index >= 15 is 4.39 Å². The molecule has 6 nitrogen and oxygen atoms in total. The van der Waals surface area contributed by atoms with Crippen LogP contribution in [0.15, 0.2) is 18.2 Å². The molecule has 3 aliphatic rings. The summed E-state index contributed by atoms with van der Waals surface area (Å²) in [6.07, 6.45) is 0.498. The largest absolute Gasteiger partial charge is 0.317 e. The van der Waals surface area contributed by atoms with Crippen molar-refractivity contribution in [1.29, 1.82) is 0 Å². The van der Waals surface area contributed by atoms with Crippen molar-refractivity contribution in [2.45, 2.75) is 38.0 Å². The molecule has 2 unspecified atom stereocenters. The maximum atomic E-state index is 15.0. The standard InChI is InChI=1S/C20H20FN3O3.ClH/c21-18-15-11-13(2-1-12-7-9-22-10-8-12)3-4-14(15)20(27)24(18)16-5-6-17(25)23-19(16)26;/h3-4,11-12,16,18,22H,5-10H2,(H,23,25,26);1H. The molecule has 0 bridgehead atoms. The molecule has 0 saturated carbocycles. The molecule has 2 fully saturated rings. The highest BCUT2D eigenvalue weighted by atomic mass is 35.5. The van der Waals surface area contributed by atoms with Crippen LogP contribution in [-0.4, -0.2) is 41.8 Å². The lowest BCUT2D eigenvalue weighted by atomic mass is 9.98. The average molecular weight is 406 g/mol. The normalized spacial score (nSPS) is 24.8. The molecular weight excluding hydrogens is 385 g/mol. The number of benzene rings is 1. The van der Waals surface area contributed by atoms with E-state index in [0.29, 0.717) is 11.5 Å². The van der Waals surface area contributed by atoms with Crippen molar-refractivity contribution < 1.29 is 18.8 Å². The van der Waals surface area contributed by atoms with Crippen molar-refractivity contribution in [3.63, 3.8) is 0 Å². The second-order valence-corrected chi connectivity index (χ2v) is 7.11. The van der Waals surface area contributed by atoms with Crippen LogP contribution in [0.3, 0.4) is 0 Å². The molecule has 0 radical (unpaired) electrons.